The van der Waals surface area contributed by atoms with E-state index in [1.807, 2.05) is 0 Å². The number of benzene rings is 1. The molecule has 1 aromatic rings. The van der Waals surface area contributed by atoms with E-state index < -0.39 is 24.2 Å². The number of hydrogen-bond acceptors (Lipinski definition) is 2. The fourth-order valence-electron chi connectivity index (χ4n) is 1.58. The molecule has 1 aliphatic heterocycles. The van der Waals surface area contributed by atoms with Gasteiger partial charge in [-0.2, -0.15) is 0 Å². The van der Waals surface area contributed by atoms with Gasteiger partial charge in [0.15, 0.2) is 0 Å². The summed E-state index contributed by atoms with van der Waals surface area (Å²) in [5, 5.41) is 0. The van der Waals surface area contributed by atoms with E-state index in [-0.39, 0.29) is 17.8 Å². The molecule has 5 heteroatoms. The van der Waals surface area contributed by atoms with Crippen molar-refractivity contribution in [3.05, 3.63) is 29.6 Å². The lowest BCUT2D eigenvalue weighted by Gasteiger charge is -2.13. The first kappa shape index (κ1) is 9.76. The van der Waals surface area contributed by atoms with Crippen LogP contribution in [0.25, 0.3) is 0 Å². The zero-order valence-electron chi connectivity index (χ0n) is 7.67. The Balaban J connectivity index is 2.50. The largest absolute Gasteiger partial charge is 0.302 e. The average molecular weight is 211 g/mol. The highest BCUT2D eigenvalue weighted by Gasteiger charge is 2.35. The molecule has 0 aliphatic carbocycles. The van der Waals surface area contributed by atoms with Gasteiger partial charge >= 0.3 is 0 Å². The van der Waals surface area contributed by atoms with Gasteiger partial charge in [0.1, 0.15) is 12.5 Å². The molecule has 1 aliphatic rings. The molecule has 15 heavy (non-hydrogen) atoms. The van der Waals surface area contributed by atoms with E-state index in [0.717, 1.165) is 17.0 Å². The number of Topliss-reactive ketones (excluding diaryl/α,β-unsaturated/α-hetero) is 1. The van der Waals surface area contributed by atoms with Gasteiger partial charge in [0.25, 0.3) is 11.7 Å². The van der Waals surface area contributed by atoms with Gasteiger partial charge in [0.2, 0.25) is 0 Å². The molecule has 0 saturated heterocycles. The van der Waals surface area contributed by atoms with Crippen LogP contribution in [-0.4, -0.2) is 24.9 Å². The number of amides is 1. The Morgan fingerprint density at radius 2 is 2.00 bits per heavy atom. The maximum atomic E-state index is 12.8. The van der Waals surface area contributed by atoms with Crippen molar-refractivity contribution in [2.75, 3.05) is 18.1 Å². The maximum Gasteiger partial charge on any atom is 0.299 e. The lowest BCUT2D eigenvalue weighted by Crippen LogP contribution is -2.31. The van der Waals surface area contributed by atoms with Gasteiger partial charge in [-0.25, -0.2) is 8.78 Å². The molecule has 3 nitrogen and oxygen atoms in total. The van der Waals surface area contributed by atoms with E-state index in [9.17, 15) is 18.4 Å². The molecule has 1 amide bonds. The SMILES string of the molecule is O=C1C(=O)N(CCF)c2ccc(F)cc21. The molecular weight excluding hydrogens is 204 g/mol. The number of carbonyl (C=O) groups is 2. The number of carbonyl (C=O) groups excluding carboxylic acids is 2. The molecule has 1 aromatic carbocycles. The van der Waals surface area contributed by atoms with Crippen molar-refractivity contribution in [1.82, 2.24) is 0 Å². The third-order valence-corrected chi connectivity index (χ3v) is 2.24. The molecule has 0 spiro atoms. The Morgan fingerprint density at radius 3 is 2.67 bits per heavy atom. The normalized spacial score (nSPS) is 14.7. The minimum absolute atomic E-state index is 0.00782. The predicted molar refractivity (Wildman–Crippen MR) is 49.1 cm³/mol. The van der Waals surface area contributed by atoms with Crippen LogP contribution in [-0.2, 0) is 4.79 Å². The summed E-state index contributed by atoms with van der Waals surface area (Å²) in [6, 6.07) is 3.44. The molecule has 0 aromatic heterocycles. The molecule has 1 heterocycles. The number of hydrogen-bond donors (Lipinski definition) is 0. The lowest BCUT2D eigenvalue weighted by atomic mass is 10.1. The van der Waals surface area contributed by atoms with Crippen LogP contribution in [0.2, 0.25) is 0 Å². The number of nitrogens with zero attached hydrogens (tertiary/aromatic N) is 1. The highest BCUT2D eigenvalue weighted by molar-refractivity contribution is 6.52. The van der Waals surface area contributed by atoms with E-state index in [4.69, 9.17) is 0 Å². The highest BCUT2D eigenvalue weighted by atomic mass is 19.1. The Hall–Kier alpha value is -1.78. The Labute approximate surface area is 84.3 Å². The Bertz CT molecular complexity index is 445. The van der Waals surface area contributed by atoms with Gasteiger partial charge in [0.05, 0.1) is 17.8 Å². The number of anilines is 1. The zero-order valence-corrected chi connectivity index (χ0v) is 7.67. The molecule has 0 N–H and O–H groups in total. The number of halogens is 2. The third-order valence-electron chi connectivity index (χ3n) is 2.24. The van der Waals surface area contributed by atoms with Gasteiger partial charge in [0, 0.05) is 0 Å². The molecule has 0 radical (unpaired) electrons. The first-order valence-electron chi connectivity index (χ1n) is 4.37. The molecule has 2 rings (SSSR count). The standard InChI is InChI=1S/C10H7F2NO2/c11-3-4-13-8-2-1-6(12)5-7(8)9(14)10(13)15/h1-2,5H,3-4H2. The summed E-state index contributed by atoms with van der Waals surface area (Å²) in [6.07, 6.45) is 0. The van der Waals surface area contributed by atoms with Crippen molar-refractivity contribution in [2.45, 2.75) is 0 Å². The average Bonchev–Trinajstić information content (AvgIpc) is 2.44. The monoisotopic (exact) mass is 211 g/mol. The number of ketones is 1. The summed E-state index contributed by atoms with van der Waals surface area (Å²) in [6.45, 7) is -0.918. The van der Waals surface area contributed by atoms with E-state index in [0.29, 0.717) is 0 Å². The van der Waals surface area contributed by atoms with Crippen LogP contribution in [0.15, 0.2) is 18.2 Å². The summed E-state index contributed by atoms with van der Waals surface area (Å²) in [5.41, 5.74) is 0.289. The summed E-state index contributed by atoms with van der Waals surface area (Å²) in [5.74, 6) is -2.16. The summed E-state index contributed by atoms with van der Waals surface area (Å²) in [4.78, 5) is 23.7. The molecule has 0 unspecified atom stereocenters. The van der Waals surface area contributed by atoms with Crippen LogP contribution in [0.3, 0.4) is 0 Å². The number of alkyl halides is 1. The van der Waals surface area contributed by atoms with Crippen LogP contribution < -0.4 is 4.90 Å². The lowest BCUT2D eigenvalue weighted by molar-refractivity contribution is -0.114. The van der Waals surface area contributed by atoms with Crippen molar-refractivity contribution in [2.24, 2.45) is 0 Å². The fourth-order valence-corrected chi connectivity index (χ4v) is 1.58. The topological polar surface area (TPSA) is 37.4 Å². The van der Waals surface area contributed by atoms with Gasteiger partial charge in [-0.05, 0) is 18.2 Å². The molecule has 0 fully saturated rings. The first-order chi connectivity index (χ1) is 7.15. The zero-order chi connectivity index (χ0) is 11.0. The Morgan fingerprint density at radius 1 is 1.27 bits per heavy atom. The first-order valence-corrected chi connectivity index (χ1v) is 4.37. The van der Waals surface area contributed by atoms with Crippen LogP contribution >= 0.6 is 0 Å². The van der Waals surface area contributed by atoms with Crippen molar-refractivity contribution < 1.29 is 18.4 Å². The van der Waals surface area contributed by atoms with E-state index in [1.54, 1.807) is 0 Å². The minimum atomic E-state index is -0.798. The maximum absolute atomic E-state index is 12.8. The predicted octanol–water partition coefficient (Wildman–Crippen LogP) is 1.32. The van der Waals surface area contributed by atoms with Crippen molar-refractivity contribution in [3.63, 3.8) is 0 Å². The minimum Gasteiger partial charge on any atom is -0.302 e. The summed E-state index contributed by atoms with van der Waals surface area (Å²) >= 11 is 0. The van der Waals surface area contributed by atoms with Crippen LogP contribution in [0.1, 0.15) is 10.4 Å². The quantitative estimate of drug-likeness (QED) is 0.692. The fraction of sp³-hybridized carbons (Fsp3) is 0.200. The van der Waals surface area contributed by atoms with Gasteiger partial charge in [-0.3, -0.25) is 9.59 Å². The number of fused-ring (bicyclic) bond motifs is 1. The van der Waals surface area contributed by atoms with Crippen molar-refractivity contribution >= 4 is 17.4 Å². The van der Waals surface area contributed by atoms with Crippen LogP contribution in [0.4, 0.5) is 14.5 Å². The molecule has 0 atom stereocenters. The van der Waals surface area contributed by atoms with Gasteiger partial charge in [-0.1, -0.05) is 0 Å². The number of rotatable bonds is 2. The van der Waals surface area contributed by atoms with Gasteiger partial charge < -0.3 is 4.90 Å². The van der Waals surface area contributed by atoms with Gasteiger partial charge in [-0.15, -0.1) is 0 Å². The second-order valence-electron chi connectivity index (χ2n) is 3.14. The van der Waals surface area contributed by atoms with Crippen LogP contribution in [0.5, 0.6) is 0 Å². The van der Waals surface area contributed by atoms with E-state index in [2.05, 4.69) is 0 Å². The van der Waals surface area contributed by atoms with Crippen LogP contribution in [0, 0.1) is 5.82 Å². The molecule has 0 bridgehead atoms. The highest BCUT2D eigenvalue weighted by Crippen LogP contribution is 2.28. The summed E-state index contributed by atoms with van der Waals surface area (Å²) in [7, 11) is 0. The third kappa shape index (κ3) is 1.40. The van der Waals surface area contributed by atoms with E-state index >= 15 is 0 Å². The molecule has 78 valence electrons. The van der Waals surface area contributed by atoms with E-state index in [1.165, 1.54) is 6.07 Å². The molecule has 0 saturated carbocycles. The van der Waals surface area contributed by atoms with Crippen molar-refractivity contribution in [3.8, 4) is 0 Å². The van der Waals surface area contributed by atoms with Crippen molar-refractivity contribution in [1.29, 1.82) is 0 Å². The smallest absolute Gasteiger partial charge is 0.299 e. The second kappa shape index (κ2) is 3.42. The molecular formula is C10H7F2NO2. The Kier molecular flexibility index (Phi) is 2.22. The second-order valence-corrected chi connectivity index (χ2v) is 3.14. The summed E-state index contributed by atoms with van der Waals surface area (Å²) < 4.78 is 25.0.